The average Bonchev–Trinajstić information content (AvgIpc) is 3.18. The van der Waals surface area contributed by atoms with Gasteiger partial charge in [-0.3, -0.25) is 9.59 Å². The van der Waals surface area contributed by atoms with Crippen LogP contribution in [0.25, 0.3) is 0 Å². The molecule has 3 rings (SSSR count). The lowest BCUT2D eigenvalue weighted by atomic mass is 9.77. The van der Waals surface area contributed by atoms with Gasteiger partial charge >= 0.3 is 5.97 Å². The van der Waals surface area contributed by atoms with Crippen LogP contribution in [0.4, 0.5) is 0 Å². The number of hydrogen-bond donors (Lipinski definition) is 1. The van der Waals surface area contributed by atoms with Crippen molar-refractivity contribution in [1.82, 2.24) is 15.1 Å². The lowest BCUT2D eigenvalue weighted by molar-refractivity contribution is -0.143. The molecule has 2 aliphatic rings. The molecule has 7 nitrogen and oxygen atoms in total. The fourth-order valence-electron chi connectivity index (χ4n) is 4.64. The fraction of sp³-hybridized carbons (Fsp3) is 0.625. The number of amides is 1. The monoisotopic (exact) mass is 461 g/mol. The Morgan fingerprint density at radius 3 is 2.53 bits per heavy atom. The van der Waals surface area contributed by atoms with E-state index in [1.807, 2.05) is 43.0 Å². The molecule has 2 aliphatic heterocycles. The minimum atomic E-state index is -0.209. The van der Waals surface area contributed by atoms with Crippen molar-refractivity contribution >= 4 is 29.2 Å². The first-order valence-corrected chi connectivity index (χ1v) is 11.9. The smallest absolute Gasteiger partial charge is 0.307 e. The minimum absolute atomic E-state index is 0.0609. The van der Waals surface area contributed by atoms with Gasteiger partial charge in [-0.2, -0.15) is 0 Å². The molecule has 1 aromatic rings. The van der Waals surface area contributed by atoms with Crippen LogP contribution in [-0.4, -0.2) is 72.7 Å². The molecule has 1 unspecified atom stereocenters. The van der Waals surface area contributed by atoms with E-state index in [-0.39, 0.29) is 23.3 Å². The third-order valence-corrected chi connectivity index (χ3v) is 6.92. The number of piperidine rings is 1. The Bertz CT molecular complexity index is 823. The maximum Gasteiger partial charge on any atom is 0.307 e. The number of rotatable bonds is 7. The van der Waals surface area contributed by atoms with E-state index >= 15 is 0 Å². The van der Waals surface area contributed by atoms with Crippen LogP contribution < -0.4 is 10.1 Å². The van der Waals surface area contributed by atoms with Crippen molar-refractivity contribution in [3.8, 4) is 5.75 Å². The summed E-state index contributed by atoms with van der Waals surface area (Å²) in [7, 11) is 1.64. The van der Waals surface area contributed by atoms with Crippen LogP contribution in [0.1, 0.15) is 45.1 Å². The second-order valence-electron chi connectivity index (χ2n) is 8.94. The second-order valence-corrected chi connectivity index (χ2v) is 9.33. The van der Waals surface area contributed by atoms with Gasteiger partial charge in [-0.1, -0.05) is 12.1 Å². The average molecular weight is 462 g/mol. The van der Waals surface area contributed by atoms with Crippen LogP contribution in [0.5, 0.6) is 5.75 Å². The summed E-state index contributed by atoms with van der Waals surface area (Å²) in [5.74, 6) is 0.743. The van der Waals surface area contributed by atoms with Crippen molar-refractivity contribution in [2.24, 2.45) is 5.41 Å². The Kier molecular flexibility index (Phi) is 8.34. The SMILES string of the molecule is CCOC(=O)CC(C)NC(=S)N1CCC2(CCN(C(=O)Cc3cccc(OC)c3)CC2)C1. The van der Waals surface area contributed by atoms with Gasteiger partial charge in [0.05, 0.1) is 26.6 Å². The number of methoxy groups -OCH3 is 1. The number of nitrogens with one attached hydrogen (secondary N) is 1. The molecule has 176 valence electrons. The van der Waals surface area contributed by atoms with Crippen molar-refractivity contribution in [3.63, 3.8) is 0 Å². The first-order valence-electron chi connectivity index (χ1n) is 11.5. The van der Waals surface area contributed by atoms with Crippen molar-refractivity contribution in [1.29, 1.82) is 0 Å². The first kappa shape index (κ1) is 24.3. The van der Waals surface area contributed by atoms with Crippen LogP contribution in [-0.2, 0) is 20.7 Å². The highest BCUT2D eigenvalue weighted by molar-refractivity contribution is 7.80. The molecule has 0 radical (unpaired) electrons. The van der Waals surface area contributed by atoms with Crippen molar-refractivity contribution in [2.45, 2.75) is 52.0 Å². The van der Waals surface area contributed by atoms with Gasteiger partial charge < -0.3 is 24.6 Å². The summed E-state index contributed by atoms with van der Waals surface area (Å²) >= 11 is 5.61. The minimum Gasteiger partial charge on any atom is -0.497 e. The predicted octanol–water partition coefficient (Wildman–Crippen LogP) is 2.77. The van der Waals surface area contributed by atoms with Crippen molar-refractivity contribution < 1.29 is 19.1 Å². The highest BCUT2D eigenvalue weighted by Crippen LogP contribution is 2.40. The summed E-state index contributed by atoms with van der Waals surface area (Å²) in [4.78, 5) is 28.7. The largest absolute Gasteiger partial charge is 0.497 e. The van der Waals surface area contributed by atoms with Crippen molar-refractivity contribution in [3.05, 3.63) is 29.8 Å². The lowest BCUT2D eigenvalue weighted by Crippen LogP contribution is -2.47. The van der Waals surface area contributed by atoms with Gasteiger partial charge in [-0.15, -0.1) is 0 Å². The van der Waals surface area contributed by atoms with Gasteiger partial charge in [0, 0.05) is 32.2 Å². The number of ether oxygens (including phenoxy) is 2. The summed E-state index contributed by atoms with van der Waals surface area (Å²) in [6, 6.07) is 7.65. The molecule has 1 N–H and O–H groups in total. The zero-order valence-electron chi connectivity index (χ0n) is 19.4. The number of esters is 1. The number of benzene rings is 1. The number of carbonyl (C=O) groups excluding carboxylic acids is 2. The lowest BCUT2D eigenvalue weighted by Gasteiger charge is -2.39. The predicted molar refractivity (Wildman–Crippen MR) is 128 cm³/mol. The maximum absolute atomic E-state index is 12.8. The van der Waals surface area contributed by atoms with E-state index in [1.54, 1.807) is 7.11 Å². The number of nitrogens with zero attached hydrogens (tertiary/aromatic N) is 2. The van der Waals surface area contributed by atoms with E-state index in [4.69, 9.17) is 21.7 Å². The van der Waals surface area contributed by atoms with Gasteiger partial charge in [0.2, 0.25) is 5.91 Å². The van der Waals surface area contributed by atoms with E-state index in [1.165, 1.54) is 0 Å². The first-order chi connectivity index (χ1) is 15.3. The van der Waals surface area contributed by atoms with E-state index in [0.29, 0.717) is 24.6 Å². The third-order valence-electron chi connectivity index (χ3n) is 6.54. The quantitative estimate of drug-likeness (QED) is 0.495. The van der Waals surface area contributed by atoms with E-state index in [9.17, 15) is 9.59 Å². The molecular weight excluding hydrogens is 426 g/mol. The molecule has 0 bridgehead atoms. The zero-order chi connectivity index (χ0) is 23.1. The van der Waals surface area contributed by atoms with Gasteiger partial charge in [0.15, 0.2) is 5.11 Å². The summed E-state index contributed by atoms with van der Waals surface area (Å²) in [6.07, 6.45) is 3.78. The molecule has 1 aromatic carbocycles. The highest BCUT2D eigenvalue weighted by Gasteiger charge is 2.42. The Balaban J connectivity index is 1.45. The molecule has 2 fully saturated rings. The summed E-state index contributed by atoms with van der Waals surface area (Å²) in [6.45, 7) is 7.54. The highest BCUT2D eigenvalue weighted by atomic mass is 32.1. The van der Waals surface area contributed by atoms with Crippen molar-refractivity contribution in [2.75, 3.05) is 39.9 Å². The number of hydrogen-bond acceptors (Lipinski definition) is 5. The Labute approximate surface area is 196 Å². The molecule has 0 aromatic heterocycles. The third kappa shape index (κ3) is 6.34. The number of carbonyl (C=O) groups is 2. The second kappa shape index (κ2) is 11.0. The van der Waals surface area contributed by atoms with Crippen LogP contribution >= 0.6 is 12.2 Å². The van der Waals surface area contributed by atoms with E-state index in [2.05, 4.69) is 10.2 Å². The van der Waals surface area contributed by atoms with Crippen LogP contribution in [0.2, 0.25) is 0 Å². The molecule has 2 heterocycles. The number of likely N-dealkylation sites (tertiary alicyclic amines) is 2. The Morgan fingerprint density at radius 2 is 1.88 bits per heavy atom. The van der Waals surface area contributed by atoms with Crippen LogP contribution in [0, 0.1) is 5.41 Å². The number of thiocarbonyl (C=S) groups is 1. The van der Waals surface area contributed by atoms with Gasteiger partial charge in [0.1, 0.15) is 5.75 Å². The molecule has 32 heavy (non-hydrogen) atoms. The Morgan fingerprint density at radius 1 is 1.19 bits per heavy atom. The maximum atomic E-state index is 12.8. The summed E-state index contributed by atoms with van der Waals surface area (Å²) < 4.78 is 10.3. The normalized spacial score (nSPS) is 18.3. The zero-order valence-corrected chi connectivity index (χ0v) is 20.2. The van der Waals surface area contributed by atoms with Crippen LogP contribution in [0.15, 0.2) is 24.3 Å². The van der Waals surface area contributed by atoms with E-state index < -0.39 is 0 Å². The summed E-state index contributed by atoms with van der Waals surface area (Å²) in [5, 5.41) is 3.98. The topological polar surface area (TPSA) is 71.1 Å². The molecule has 2 saturated heterocycles. The van der Waals surface area contributed by atoms with Gasteiger partial charge in [0.25, 0.3) is 0 Å². The van der Waals surface area contributed by atoms with Gasteiger partial charge in [-0.05, 0) is 68.4 Å². The molecule has 8 heteroatoms. The molecule has 1 amide bonds. The molecule has 0 saturated carbocycles. The molecular formula is C24H35N3O4S. The molecule has 1 atom stereocenters. The van der Waals surface area contributed by atoms with Crippen LogP contribution in [0.3, 0.4) is 0 Å². The molecule has 1 spiro atoms. The Hall–Kier alpha value is -2.35. The van der Waals surface area contributed by atoms with Gasteiger partial charge in [-0.25, -0.2) is 0 Å². The fourth-order valence-corrected chi connectivity index (χ4v) is 5.00. The molecule has 0 aliphatic carbocycles. The summed E-state index contributed by atoms with van der Waals surface area (Å²) in [5.41, 5.74) is 1.19. The van der Waals surface area contributed by atoms with E-state index in [0.717, 1.165) is 56.8 Å². The standard InChI is InChI=1S/C24H35N3O4S/c1-4-31-22(29)14-18(2)25-23(32)27-13-10-24(17-27)8-11-26(12-9-24)21(28)16-19-6-5-7-20(15-19)30-3/h5-7,15,18H,4,8-14,16-17H2,1-3H3,(H,25,32).